The zero-order valence-electron chi connectivity index (χ0n) is 12.7. The molecule has 1 aliphatic heterocycles. The van der Waals surface area contributed by atoms with Gasteiger partial charge in [-0.05, 0) is 24.3 Å². The number of halogens is 1. The van der Waals surface area contributed by atoms with Crippen LogP contribution in [0.2, 0.25) is 0 Å². The summed E-state index contributed by atoms with van der Waals surface area (Å²) in [6.07, 6.45) is 3.45. The number of benzene rings is 1. The number of nitrogens with zero attached hydrogens (tertiary/aromatic N) is 4. The Bertz CT molecular complexity index is 659. The summed E-state index contributed by atoms with van der Waals surface area (Å²) < 4.78 is 13.1. The first kappa shape index (κ1) is 15.4. The average molecular weight is 315 g/mol. The molecular formula is C16H18FN5O. The van der Waals surface area contributed by atoms with Gasteiger partial charge < -0.3 is 10.2 Å². The van der Waals surface area contributed by atoms with Crippen LogP contribution in [0.25, 0.3) is 0 Å². The summed E-state index contributed by atoms with van der Waals surface area (Å²) in [5.41, 5.74) is 0.478. The molecule has 1 aromatic carbocycles. The molecule has 7 heteroatoms. The van der Waals surface area contributed by atoms with Gasteiger partial charge in [-0.3, -0.25) is 9.69 Å². The Kier molecular flexibility index (Phi) is 4.77. The Morgan fingerprint density at radius 1 is 1.13 bits per heavy atom. The Morgan fingerprint density at radius 3 is 2.57 bits per heavy atom. The van der Waals surface area contributed by atoms with Crippen LogP contribution in [0.1, 0.15) is 0 Å². The van der Waals surface area contributed by atoms with E-state index >= 15 is 0 Å². The van der Waals surface area contributed by atoms with E-state index in [-0.39, 0.29) is 11.7 Å². The smallest absolute Gasteiger partial charge is 0.238 e. The van der Waals surface area contributed by atoms with Crippen molar-refractivity contribution in [2.24, 2.45) is 0 Å². The largest absolute Gasteiger partial charge is 0.338 e. The number of hydrogen-bond donors (Lipinski definition) is 1. The van der Waals surface area contributed by atoms with Crippen LogP contribution in [0, 0.1) is 5.82 Å². The van der Waals surface area contributed by atoms with Crippen LogP contribution in [-0.4, -0.2) is 53.5 Å². The summed E-state index contributed by atoms with van der Waals surface area (Å²) >= 11 is 0. The normalized spacial score (nSPS) is 15.4. The molecule has 2 heterocycles. The van der Waals surface area contributed by atoms with E-state index in [0.717, 1.165) is 32.1 Å². The highest BCUT2D eigenvalue weighted by Gasteiger charge is 2.20. The Hall–Kier alpha value is -2.54. The molecule has 23 heavy (non-hydrogen) atoms. The first-order valence-electron chi connectivity index (χ1n) is 7.50. The fraction of sp³-hybridized carbons (Fsp3) is 0.312. The molecule has 0 saturated carbocycles. The third kappa shape index (κ3) is 4.23. The number of amides is 1. The third-order valence-electron chi connectivity index (χ3n) is 3.68. The zero-order valence-corrected chi connectivity index (χ0v) is 12.7. The van der Waals surface area contributed by atoms with Crippen LogP contribution in [-0.2, 0) is 4.79 Å². The average Bonchev–Trinajstić information content (AvgIpc) is 2.56. The Morgan fingerprint density at radius 2 is 1.87 bits per heavy atom. The van der Waals surface area contributed by atoms with Gasteiger partial charge in [0.15, 0.2) is 0 Å². The molecule has 3 rings (SSSR count). The minimum absolute atomic E-state index is 0.139. The fourth-order valence-corrected chi connectivity index (χ4v) is 2.53. The van der Waals surface area contributed by atoms with Crippen molar-refractivity contribution >= 4 is 17.5 Å². The Labute approximate surface area is 134 Å². The number of nitrogens with one attached hydrogen (secondary N) is 1. The highest BCUT2D eigenvalue weighted by Crippen LogP contribution is 2.11. The lowest BCUT2D eigenvalue weighted by atomic mass is 10.3. The van der Waals surface area contributed by atoms with Crippen molar-refractivity contribution in [3.8, 4) is 0 Å². The summed E-state index contributed by atoms with van der Waals surface area (Å²) in [6, 6.07) is 7.69. The number of piperazine rings is 1. The lowest BCUT2D eigenvalue weighted by molar-refractivity contribution is -0.117. The zero-order chi connectivity index (χ0) is 16.1. The SMILES string of the molecule is O=C(CN1CCN(c2ncccn2)CC1)Nc1cccc(F)c1. The second-order valence-electron chi connectivity index (χ2n) is 5.37. The van der Waals surface area contributed by atoms with Gasteiger partial charge in [0.05, 0.1) is 6.54 Å². The molecule has 1 N–H and O–H groups in total. The van der Waals surface area contributed by atoms with Gasteiger partial charge in [0.2, 0.25) is 11.9 Å². The topological polar surface area (TPSA) is 61.4 Å². The first-order chi connectivity index (χ1) is 11.2. The molecule has 6 nitrogen and oxygen atoms in total. The van der Waals surface area contributed by atoms with Crippen molar-refractivity contribution in [3.63, 3.8) is 0 Å². The van der Waals surface area contributed by atoms with E-state index in [1.807, 2.05) is 0 Å². The second kappa shape index (κ2) is 7.15. The molecule has 0 bridgehead atoms. The number of rotatable bonds is 4. The van der Waals surface area contributed by atoms with Gasteiger partial charge in [0.1, 0.15) is 5.82 Å². The highest BCUT2D eigenvalue weighted by molar-refractivity contribution is 5.92. The van der Waals surface area contributed by atoms with E-state index in [1.165, 1.54) is 12.1 Å². The van der Waals surface area contributed by atoms with Crippen LogP contribution >= 0.6 is 0 Å². The predicted octanol–water partition coefficient (Wildman–Crippen LogP) is 1.38. The minimum atomic E-state index is -0.362. The van der Waals surface area contributed by atoms with Crippen LogP contribution in [0.15, 0.2) is 42.7 Å². The van der Waals surface area contributed by atoms with Crippen molar-refractivity contribution in [2.75, 3.05) is 42.9 Å². The standard InChI is InChI=1S/C16H18FN5O/c17-13-3-1-4-14(11-13)20-15(23)12-21-7-9-22(10-8-21)16-18-5-2-6-19-16/h1-6,11H,7-10,12H2,(H,20,23). The van der Waals surface area contributed by atoms with Crippen LogP contribution in [0.4, 0.5) is 16.0 Å². The number of anilines is 2. The van der Waals surface area contributed by atoms with Gasteiger partial charge in [0.25, 0.3) is 0 Å². The molecule has 1 amide bonds. The number of aromatic nitrogens is 2. The number of carbonyl (C=O) groups is 1. The molecule has 2 aromatic rings. The monoisotopic (exact) mass is 315 g/mol. The van der Waals surface area contributed by atoms with E-state index in [1.54, 1.807) is 30.6 Å². The molecule has 0 unspecified atom stereocenters. The molecular weight excluding hydrogens is 297 g/mol. The van der Waals surface area contributed by atoms with Gasteiger partial charge in [-0.15, -0.1) is 0 Å². The van der Waals surface area contributed by atoms with Crippen molar-refractivity contribution < 1.29 is 9.18 Å². The molecule has 1 fully saturated rings. The lowest BCUT2D eigenvalue weighted by Crippen LogP contribution is -2.49. The number of hydrogen-bond acceptors (Lipinski definition) is 5. The van der Waals surface area contributed by atoms with Crippen molar-refractivity contribution in [2.45, 2.75) is 0 Å². The lowest BCUT2D eigenvalue weighted by Gasteiger charge is -2.34. The summed E-state index contributed by atoms with van der Waals surface area (Å²) in [5, 5.41) is 2.71. The highest BCUT2D eigenvalue weighted by atomic mass is 19.1. The maximum absolute atomic E-state index is 13.1. The van der Waals surface area contributed by atoms with Crippen molar-refractivity contribution in [3.05, 3.63) is 48.5 Å². The summed E-state index contributed by atoms with van der Waals surface area (Å²) in [5.74, 6) is 0.218. The van der Waals surface area contributed by atoms with Gasteiger partial charge in [-0.25, -0.2) is 14.4 Å². The fourth-order valence-electron chi connectivity index (χ4n) is 2.53. The van der Waals surface area contributed by atoms with E-state index in [9.17, 15) is 9.18 Å². The maximum atomic E-state index is 13.1. The molecule has 0 radical (unpaired) electrons. The Balaban J connectivity index is 1.48. The molecule has 1 aliphatic rings. The van der Waals surface area contributed by atoms with Gasteiger partial charge >= 0.3 is 0 Å². The summed E-state index contributed by atoms with van der Waals surface area (Å²) in [4.78, 5) is 24.7. The summed E-state index contributed by atoms with van der Waals surface area (Å²) in [7, 11) is 0. The van der Waals surface area contributed by atoms with Gasteiger partial charge in [0, 0.05) is 44.3 Å². The van der Waals surface area contributed by atoms with Crippen LogP contribution in [0.5, 0.6) is 0 Å². The molecule has 1 saturated heterocycles. The van der Waals surface area contributed by atoms with Crippen molar-refractivity contribution in [1.82, 2.24) is 14.9 Å². The quantitative estimate of drug-likeness (QED) is 0.923. The van der Waals surface area contributed by atoms with E-state index < -0.39 is 0 Å². The molecule has 120 valence electrons. The van der Waals surface area contributed by atoms with E-state index in [2.05, 4.69) is 25.1 Å². The minimum Gasteiger partial charge on any atom is -0.338 e. The van der Waals surface area contributed by atoms with Crippen molar-refractivity contribution in [1.29, 1.82) is 0 Å². The van der Waals surface area contributed by atoms with Crippen LogP contribution < -0.4 is 10.2 Å². The van der Waals surface area contributed by atoms with E-state index in [4.69, 9.17) is 0 Å². The number of carbonyl (C=O) groups excluding carboxylic acids is 1. The summed E-state index contributed by atoms with van der Waals surface area (Å²) in [6.45, 7) is 3.36. The van der Waals surface area contributed by atoms with Gasteiger partial charge in [-0.1, -0.05) is 6.07 Å². The molecule has 0 atom stereocenters. The molecule has 0 spiro atoms. The third-order valence-corrected chi connectivity index (χ3v) is 3.68. The molecule has 1 aromatic heterocycles. The van der Waals surface area contributed by atoms with Crippen LogP contribution in [0.3, 0.4) is 0 Å². The molecule has 0 aliphatic carbocycles. The van der Waals surface area contributed by atoms with E-state index in [0.29, 0.717) is 12.2 Å². The maximum Gasteiger partial charge on any atom is 0.238 e. The first-order valence-corrected chi connectivity index (χ1v) is 7.50. The van der Waals surface area contributed by atoms with Gasteiger partial charge in [-0.2, -0.15) is 0 Å². The second-order valence-corrected chi connectivity index (χ2v) is 5.37. The predicted molar refractivity (Wildman–Crippen MR) is 85.7 cm³/mol.